The second kappa shape index (κ2) is 7.56. The maximum absolute atomic E-state index is 13.9. The lowest BCUT2D eigenvalue weighted by molar-refractivity contribution is -0.0269. The van der Waals surface area contributed by atoms with Gasteiger partial charge in [0.1, 0.15) is 17.4 Å². The van der Waals surface area contributed by atoms with E-state index in [0.717, 1.165) is 11.1 Å². The van der Waals surface area contributed by atoms with Gasteiger partial charge in [0.25, 0.3) is 0 Å². The summed E-state index contributed by atoms with van der Waals surface area (Å²) in [5.41, 5.74) is 4.25. The number of hydrogen-bond donors (Lipinski definition) is 2. The van der Waals surface area contributed by atoms with E-state index in [4.69, 9.17) is 9.57 Å². The van der Waals surface area contributed by atoms with E-state index in [0.29, 0.717) is 23.1 Å². The van der Waals surface area contributed by atoms with E-state index in [1.807, 2.05) is 40.7 Å². The van der Waals surface area contributed by atoms with E-state index in [9.17, 15) is 4.39 Å². The average molecular weight is 412 g/mol. The molecule has 3 aromatic rings. The Balaban J connectivity index is 1.64. The van der Waals surface area contributed by atoms with Crippen LogP contribution in [0.4, 0.5) is 10.2 Å². The van der Waals surface area contributed by atoms with Gasteiger partial charge in [-0.1, -0.05) is 0 Å². The monoisotopic (exact) mass is 412 g/mol. The number of amidine groups is 1. The predicted molar refractivity (Wildman–Crippen MR) is 112 cm³/mol. The number of aromatic nitrogens is 3. The summed E-state index contributed by atoms with van der Waals surface area (Å²) in [7, 11) is 0. The van der Waals surface area contributed by atoms with Gasteiger partial charge in [0.05, 0.1) is 23.9 Å². The molecule has 0 fully saturated rings. The van der Waals surface area contributed by atoms with E-state index in [2.05, 4.69) is 25.9 Å². The van der Waals surface area contributed by atoms with Gasteiger partial charge >= 0.3 is 0 Å². The predicted octanol–water partition coefficient (Wildman–Crippen LogP) is 3.85. The molecule has 0 saturated carbocycles. The average Bonchev–Trinajstić information content (AvgIpc) is 3.25. The Morgan fingerprint density at radius 3 is 2.73 bits per heavy atom. The third-order valence-corrected chi connectivity index (χ3v) is 4.57. The molecule has 0 saturated heterocycles. The van der Waals surface area contributed by atoms with Crippen molar-refractivity contribution >= 4 is 17.3 Å². The standard InChI is InChI=1S/C21H25FN6O2/c1-12(2)29-17-7-6-14(22)10-15(17)13(3)24-18-8-9-28-20(25-18)16(11-23-28)19-26-21(4,5)30-27-19/h6-13H,1-5H3,(H,24,25)(H,26,27)/t13-/m1/s1. The molecule has 1 atom stereocenters. The van der Waals surface area contributed by atoms with Gasteiger partial charge in [0.15, 0.2) is 17.2 Å². The van der Waals surface area contributed by atoms with Crippen LogP contribution in [0.1, 0.15) is 51.8 Å². The molecule has 0 amide bonds. The van der Waals surface area contributed by atoms with E-state index >= 15 is 0 Å². The summed E-state index contributed by atoms with van der Waals surface area (Å²) in [6, 6.07) is 6.11. The number of ether oxygens (including phenoxy) is 1. The number of anilines is 1. The number of aliphatic imine (C=N–C) groups is 1. The van der Waals surface area contributed by atoms with Crippen LogP contribution >= 0.6 is 0 Å². The topological polar surface area (TPSA) is 85.1 Å². The van der Waals surface area contributed by atoms with E-state index in [1.54, 1.807) is 23.0 Å². The van der Waals surface area contributed by atoms with Crippen molar-refractivity contribution in [1.29, 1.82) is 0 Å². The molecule has 2 N–H and O–H groups in total. The fourth-order valence-electron chi connectivity index (χ4n) is 3.24. The minimum atomic E-state index is -0.655. The van der Waals surface area contributed by atoms with Crippen LogP contribution in [0.5, 0.6) is 5.75 Å². The molecule has 9 heteroatoms. The normalized spacial score (nSPS) is 16.4. The molecule has 0 aliphatic carbocycles. The van der Waals surface area contributed by atoms with Crippen molar-refractivity contribution < 1.29 is 14.0 Å². The van der Waals surface area contributed by atoms with Gasteiger partial charge in [-0.15, -0.1) is 0 Å². The van der Waals surface area contributed by atoms with Crippen LogP contribution in [0.2, 0.25) is 0 Å². The van der Waals surface area contributed by atoms with Gasteiger partial charge in [-0.3, -0.25) is 0 Å². The lowest BCUT2D eigenvalue weighted by Crippen LogP contribution is -2.23. The molecule has 0 radical (unpaired) electrons. The molecule has 0 spiro atoms. The van der Waals surface area contributed by atoms with Crippen LogP contribution in [0.15, 0.2) is 41.7 Å². The summed E-state index contributed by atoms with van der Waals surface area (Å²) < 4.78 is 21.4. The number of nitrogens with one attached hydrogen (secondary N) is 2. The lowest BCUT2D eigenvalue weighted by Gasteiger charge is -2.20. The van der Waals surface area contributed by atoms with Crippen LogP contribution in [-0.4, -0.2) is 32.3 Å². The third kappa shape index (κ3) is 4.06. The Kier molecular flexibility index (Phi) is 5.07. The second-order valence-electron chi connectivity index (χ2n) is 7.97. The molecular formula is C21H25FN6O2. The maximum Gasteiger partial charge on any atom is 0.182 e. The minimum absolute atomic E-state index is 0.0172. The number of fused-ring (bicyclic) bond motifs is 1. The Morgan fingerprint density at radius 1 is 1.23 bits per heavy atom. The van der Waals surface area contributed by atoms with E-state index in [-0.39, 0.29) is 18.0 Å². The lowest BCUT2D eigenvalue weighted by atomic mass is 10.1. The molecule has 0 unspecified atom stereocenters. The molecule has 1 aromatic carbocycles. The SMILES string of the molecule is CC(C)Oc1ccc(F)cc1[C@@H](C)Nc1ccn2ncc(C3=NC(C)(C)ON3)c2n1. The largest absolute Gasteiger partial charge is 0.491 e. The van der Waals surface area contributed by atoms with Crippen LogP contribution in [0.25, 0.3) is 5.65 Å². The van der Waals surface area contributed by atoms with Gasteiger partial charge in [0.2, 0.25) is 0 Å². The molecule has 3 heterocycles. The van der Waals surface area contributed by atoms with Gasteiger partial charge in [-0.05, 0) is 58.9 Å². The quantitative estimate of drug-likeness (QED) is 0.640. The molecule has 0 bridgehead atoms. The second-order valence-corrected chi connectivity index (χ2v) is 7.97. The zero-order valence-corrected chi connectivity index (χ0v) is 17.6. The van der Waals surface area contributed by atoms with Crippen molar-refractivity contribution in [1.82, 2.24) is 20.1 Å². The van der Waals surface area contributed by atoms with Crippen molar-refractivity contribution in [2.24, 2.45) is 4.99 Å². The number of hydrogen-bond acceptors (Lipinski definition) is 7. The first-order valence-electron chi connectivity index (χ1n) is 9.83. The summed E-state index contributed by atoms with van der Waals surface area (Å²) >= 11 is 0. The zero-order valence-electron chi connectivity index (χ0n) is 17.6. The van der Waals surface area contributed by atoms with Crippen molar-refractivity contribution in [3.63, 3.8) is 0 Å². The first-order valence-corrected chi connectivity index (χ1v) is 9.83. The van der Waals surface area contributed by atoms with Gasteiger partial charge in [0, 0.05) is 11.8 Å². The molecule has 2 aromatic heterocycles. The summed E-state index contributed by atoms with van der Waals surface area (Å²) in [6.07, 6.45) is 3.48. The number of nitrogens with zero attached hydrogens (tertiary/aromatic N) is 4. The van der Waals surface area contributed by atoms with Gasteiger partial charge in [-0.2, -0.15) is 5.10 Å². The summed E-state index contributed by atoms with van der Waals surface area (Å²) in [5, 5.41) is 7.65. The highest BCUT2D eigenvalue weighted by Crippen LogP contribution is 2.29. The molecule has 1 aliphatic rings. The summed E-state index contributed by atoms with van der Waals surface area (Å²) in [6.45, 7) is 9.52. The van der Waals surface area contributed by atoms with Gasteiger partial charge in [-0.25, -0.2) is 29.2 Å². The number of rotatable bonds is 6. The Hall–Kier alpha value is -3.20. The fraction of sp³-hybridized carbons (Fsp3) is 0.381. The number of halogens is 1. The number of benzene rings is 1. The molecule has 1 aliphatic heterocycles. The van der Waals surface area contributed by atoms with Crippen LogP contribution in [-0.2, 0) is 4.84 Å². The van der Waals surface area contributed by atoms with E-state index < -0.39 is 5.72 Å². The third-order valence-electron chi connectivity index (χ3n) is 4.57. The molecule has 4 rings (SSSR count). The number of hydroxylamine groups is 1. The highest BCUT2D eigenvalue weighted by atomic mass is 19.1. The zero-order chi connectivity index (χ0) is 21.5. The van der Waals surface area contributed by atoms with Crippen molar-refractivity contribution in [2.75, 3.05) is 5.32 Å². The first kappa shape index (κ1) is 20.1. The molecular weight excluding hydrogens is 387 g/mol. The Bertz CT molecular complexity index is 1110. The van der Waals surface area contributed by atoms with E-state index in [1.165, 1.54) is 12.1 Å². The highest BCUT2D eigenvalue weighted by Gasteiger charge is 2.28. The first-order chi connectivity index (χ1) is 14.2. The van der Waals surface area contributed by atoms with Crippen LogP contribution in [0.3, 0.4) is 0 Å². The minimum Gasteiger partial charge on any atom is -0.491 e. The van der Waals surface area contributed by atoms with Crippen molar-refractivity contribution in [3.8, 4) is 5.75 Å². The Labute approximate surface area is 174 Å². The van der Waals surface area contributed by atoms with Crippen molar-refractivity contribution in [2.45, 2.75) is 52.5 Å². The molecule has 30 heavy (non-hydrogen) atoms. The highest BCUT2D eigenvalue weighted by molar-refractivity contribution is 6.03. The summed E-state index contributed by atoms with van der Waals surface area (Å²) in [5.74, 6) is 1.52. The maximum atomic E-state index is 13.9. The van der Waals surface area contributed by atoms with Crippen LogP contribution in [0, 0.1) is 5.82 Å². The molecule has 158 valence electrons. The Morgan fingerprint density at radius 2 is 2.03 bits per heavy atom. The summed E-state index contributed by atoms with van der Waals surface area (Å²) in [4.78, 5) is 14.6. The van der Waals surface area contributed by atoms with Gasteiger partial charge < -0.3 is 10.1 Å². The molecule has 8 nitrogen and oxygen atoms in total. The smallest absolute Gasteiger partial charge is 0.182 e. The van der Waals surface area contributed by atoms with Crippen molar-refractivity contribution in [3.05, 3.63) is 53.6 Å². The van der Waals surface area contributed by atoms with Crippen LogP contribution < -0.4 is 15.5 Å². The fourth-order valence-corrected chi connectivity index (χ4v) is 3.24.